The number of ether oxygens (including phenoxy) is 3. The first-order valence-corrected chi connectivity index (χ1v) is 25.9. The molecule has 8 heteroatoms. The summed E-state index contributed by atoms with van der Waals surface area (Å²) in [7, 11) is 5.51. The molecule has 0 radical (unpaired) electrons. The molecule has 0 aromatic rings. The largest absolute Gasteiger partial charge is 0.477 e. The van der Waals surface area contributed by atoms with E-state index in [1.165, 1.54) is 51.4 Å². The summed E-state index contributed by atoms with van der Waals surface area (Å²) in [6, 6.07) is -0.628. The van der Waals surface area contributed by atoms with Crippen LogP contribution in [0.1, 0.15) is 187 Å². The van der Waals surface area contributed by atoms with E-state index in [0.29, 0.717) is 19.3 Å². The minimum absolute atomic E-state index is 0.0418. The van der Waals surface area contributed by atoms with Gasteiger partial charge in [-0.05, 0) is 96.3 Å². The van der Waals surface area contributed by atoms with Crippen molar-refractivity contribution in [2.45, 2.75) is 199 Å². The molecule has 2 unspecified atom stereocenters. The molecule has 0 aliphatic carbocycles. The molecule has 374 valence electrons. The molecule has 0 spiro atoms. The summed E-state index contributed by atoms with van der Waals surface area (Å²) in [5.74, 6) is -1.52. The highest BCUT2D eigenvalue weighted by atomic mass is 16.6. The molecule has 0 aliphatic heterocycles. The van der Waals surface area contributed by atoms with Crippen LogP contribution in [0, 0.1) is 0 Å². The van der Waals surface area contributed by atoms with Crippen LogP contribution in [0.25, 0.3) is 0 Å². The molecule has 1 N–H and O–H groups in total. The van der Waals surface area contributed by atoms with Crippen molar-refractivity contribution in [3.8, 4) is 0 Å². The lowest BCUT2D eigenvalue weighted by molar-refractivity contribution is -0.887. The van der Waals surface area contributed by atoms with Gasteiger partial charge in [0.05, 0.1) is 34.4 Å². The molecule has 8 nitrogen and oxygen atoms in total. The number of hydrogen-bond donors (Lipinski definition) is 1. The van der Waals surface area contributed by atoms with Gasteiger partial charge in [0, 0.05) is 19.3 Å². The van der Waals surface area contributed by atoms with E-state index in [2.05, 4.69) is 123 Å². The number of carbonyl (C=O) groups excluding carboxylic acids is 2. The number of unbranched alkanes of at least 4 members (excludes halogenated alkanes) is 13. The SMILES string of the molecule is CC/C=C/C/C=C/C/C=C/C/C=C/C/C=C/C/C=C/CCCCCC(=O)OCC(COCCC(C(=O)O)[N+](C)(C)C)OC(=O)CCCCCCCCCCCC/C=C/C/C=C/C/C=C/CC. The second-order valence-corrected chi connectivity index (χ2v) is 18.0. The number of likely N-dealkylation sites (N-methyl/N-ethyl adjacent to an activating group) is 1. The molecule has 0 aliphatic rings. The van der Waals surface area contributed by atoms with Gasteiger partial charge in [0.1, 0.15) is 6.61 Å². The van der Waals surface area contributed by atoms with Gasteiger partial charge in [-0.2, -0.15) is 0 Å². The van der Waals surface area contributed by atoms with Crippen LogP contribution in [0.3, 0.4) is 0 Å². The van der Waals surface area contributed by atoms with Gasteiger partial charge in [-0.1, -0.05) is 181 Å². The van der Waals surface area contributed by atoms with Crippen molar-refractivity contribution >= 4 is 17.9 Å². The number of esters is 2. The number of carbonyl (C=O) groups is 3. The summed E-state index contributed by atoms with van der Waals surface area (Å²) in [6.45, 7) is 4.47. The fraction of sp³-hybridized carbons (Fsp3) is 0.638. The van der Waals surface area contributed by atoms with E-state index in [9.17, 15) is 19.5 Å². The number of carboxylic acid groups (broad SMARTS) is 1. The Morgan fingerprint density at radius 1 is 0.455 bits per heavy atom. The fourth-order valence-corrected chi connectivity index (χ4v) is 6.99. The highest BCUT2D eigenvalue weighted by molar-refractivity contribution is 5.72. The highest BCUT2D eigenvalue weighted by Gasteiger charge is 2.31. The molecule has 0 saturated carbocycles. The van der Waals surface area contributed by atoms with Gasteiger partial charge in [0.25, 0.3) is 0 Å². The quantitative estimate of drug-likeness (QED) is 0.0281. The molecule has 0 bridgehead atoms. The van der Waals surface area contributed by atoms with Gasteiger partial charge in [-0.3, -0.25) is 9.59 Å². The number of aliphatic carboxylic acids is 1. The summed E-state index contributed by atoms with van der Waals surface area (Å²) < 4.78 is 17.3. The van der Waals surface area contributed by atoms with E-state index in [-0.39, 0.29) is 36.2 Å². The van der Waals surface area contributed by atoms with E-state index in [0.717, 1.165) is 103 Å². The lowest BCUT2D eigenvalue weighted by Crippen LogP contribution is -2.50. The number of carboxylic acids is 1. The predicted octanol–water partition coefficient (Wildman–Crippen LogP) is 15.2. The normalized spacial score (nSPS) is 13.8. The fourth-order valence-electron chi connectivity index (χ4n) is 6.99. The van der Waals surface area contributed by atoms with Crippen LogP contribution in [0.5, 0.6) is 0 Å². The van der Waals surface area contributed by atoms with E-state index >= 15 is 0 Å². The van der Waals surface area contributed by atoms with Crippen molar-refractivity contribution in [2.75, 3.05) is 41.0 Å². The summed E-state index contributed by atoms with van der Waals surface area (Å²) >= 11 is 0. The zero-order valence-corrected chi connectivity index (χ0v) is 42.6. The zero-order chi connectivity index (χ0) is 48.4. The third-order valence-corrected chi connectivity index (χ3v) is 10.9. The molecule has 0 aromatic carbocycles. The second kappa shape index (κ2) is 47.5. The van der Waals surface area contributed by atoms with Crippen molar-refractivity contribution in [1.82, 2.24) is 0 Å². The monoisotopic (exact) mass is 919 g/mol. The first-order valence-electron chi connectivity index (χ1n) is 25.9. The third kappa shape index (κ3) is 45.2. The Bertz CT molecular complexity index is 1440. The smallest absolute Gasteiger partial charge is 0.362 e. The summed E-state index contributed by atoms with van der Waals surface area (Å²) in [4.78, 5) is 37.2. The Labute approximate surface area is 404 Å². The Morgan fingerprint density at radius 3 is 1.20 bits per heavy atom. The van der Waals surface area contributed by atoms with Crippen molar-refractivity contribution in [1.29, 1.82) is 0 Å². The predicted molar refractivity (Wildman–Crippen MR) is 279 cm³/mol. The Kier molecular flexibility index (Phi) is 44.6. The standard InChI is InChI=1S/C58H95NO7/c1-6-8-10-12-14-16-18-20-22-24-26-28-29-31-32-34-36-38-40-42-44-46-48-56(60)65-53-54(52-64-51-50-55(58(62)63)59(3,4)5)66-57(61)49-47-45-43-41-39-37-35-33-30-27-25-23-21-19-17-15-13-11-9-7-2/h8-11,14-17,20-23,26,28,31-32,36,38,54-55H,6-7,12-13,18-19,24-25,27,29-30,33-35,37,39-53H2,1-5H3/p+1/b10-8+,11-9+,16-14+,17-15+,22-20+,23-21+,28-26+,32-31+,38-36+. The second-order valence-electron chi connectivity index (χ2n) is 18.0. The number of hydrogen-bond acceptors (Lipinski definition) is 6. The summed E-state index contributed by atoms with van der Waals surface area (Å²) in [5.41, 5.74) is 0. The van der Waals surface area contributed by atoms with Crippen molar-refractivity contribution in [3.63, 3.8) is 0 Å². The van der Waals surface area contributed by atoms with Crippen molar-refractivity contribution in [2.24, 2.45) is 0 Å². The Balaban J connectivity index is 4.34. The molecular formula is C58H96NO7+. The summed E-state index contributed by atoms with van der Waals surface area (Å²) in [5, 5.41) is 9.66. The van der Waals surface area contributed by atoms with E-state index < -0.39 is 18.1 Å². The van der Waals surface area contributed by atoms with Crippen LogP contribution < -0.4 is 0 Å². The van der Waals surface area contributed by atoms with Crippen LogP contribution in [-0.4, -0.2) is 80.6 Å². The number of allylic oxidation sites excluding steroid dienone is 18. The first kappa shape index (κ1) is 62.0. The average molecular weight is 919 g/mol. The van der Waals surface area contributed by atoms with Crippen molar-refractivity contribution < 1.29 is 38.2 Å². The Morgan fingerprint density at radius 2 is 0.803 bits per heavy atom. The minimum atomic E-state index is -0.884. The van der Waals surface area contributed by atoms with Gasteiger partial charge in [-0.25, -0.2) is 4.79 Å². The maximum Gasteiger partial charge on any atom is 0.362 e. The van der Waals surface area contributed by atoms with Crippen LogP contribution in [0.4, 0.5) is 0 Å². The molecule has 0 rings (SSSR count). The van der Waals surface area contributed by atoms with Crippen LogP contribution in [-0.2, 0) is 28.6 Å². The minimum Gasteiger partial charge on any atom is -0.477 e. The van der Waals surface area contributed by atoms with E-state index in [1.54, 1.807) is 0 Å². The lowest BCUT2D eigenvalue weighted by Gasteiger charge is -2.31. The molecule has 0 heterocycles. The molecule has 66 heavy (non-hydrogen) atoms. The number of rotatable bonds is 45. The maximum absolute atomic E-state index is 12.8. The number of nitrogens with zero attached hydrogens (tertiary/aromatic N) is 1. The zero-order valence-electron chi connectivity index (χ0n) is 42.6. The van der Waals surface area contributed by atoms with Gasteiger partial charge in [0.2, 0.25) is 0 Å². The van der Waals surface area contributed by atoms with Gasteiger partial charge in [0.15, 0.2) is 12.1 Å². The summed E-state index contributed by atoms with van der Waals surface area (Å²) in [6.07, 6.45) is 65.7. The highest BCUT2D eigenvalue weighted by Crippen LogP contribution is 2.14. The third-order valence-electron chi connectivity index (χ3n) is 10.9. The van der Waals surface area contributed by atoms with Crippen LogP contribution in [0.15, 0.2) is 109 Å². The maximum atomic E-state index is 12.8. The first-order chi connectivity index (χ1) is 32.1. The average Bonchev–Trinajstić information content (AvgIpc) is 3.28. The molecule has 0 amide bonds. The van der Waals surface area contributed by atoms with E-state index in [4.69, 9.17) is 14.2 Å². The topological polar surface area (TPSA) is 99.1 Å². The Hall–Kier alpha value is -4.01. The van der Waals surface area contributed by atoms with Crippen molar-refractivity contribution in [3.05, 3.63) is 109 Å². The van der Waals surface area contributed by atoms with Crippen LogP contribution in [0.2, 0.25) is 0 Å². The van der Waals surface area contributed by atoms with Crippen LogP contribution >= 0.6 is 0 Å². The molecular weight excluding hydrogens is 823 g/mol. The van der Waals surface area contributed by atoms with Gasteiger partial charge >= 0.3 is 17.9 Å². The lowest BCUT2D eigenvalue weighted by atomic mass is 10.0. The van der Waals surface area contributed by atoms with E-state index in [1.807, 2.05) is 21.1 Å². The van der Waals surface area contributed by atoms with Gasteiger partial charge < -0.3 is 23.8 Å². The number of quaternary nitrogens is 1. The molecule has 0 fully saturated rings. The molecule has 2 atom stereocenters. The molecule has 0 saturated heterocycles. The van der Waals surface area contributed by atoms with Gasteiger partial charge in [-0.15, -0.1) is 0 Å². The molecule has 0 aromatic heterocycles.